The molecule has 1 rings (SSSR count). The Bertz CT molecular complexity index is 253. The maximum absolute atomic E-state index is 5.40. The molecule has 0 aliphatic carbocycles. The Morgan fingerprint density at radius 2 is 1.58 bits per heavy atom. The molecule has 0 aromatic heterocycles. The summed E-state index contributed by atoms with van der Waals surface area (Å²) in [4.78, 5) is 0. The standard InChI is InChI=1S/C11H15O/c1-5-12-11-9(3)6-8(2)7-10(11)4/h5-7H,1-4H3. The summed E-state index contributed by atoms with van der Waals surface area (Å²) >= 11 is 0. The Balaban J connectivity index is 3.10. The summed E-state index contributed by atoms with van der Waals surface area (Å²) in [6.45, 7) is 9.83. The van der Waals surface area contributed by atoms with Gasteiger partial charge in [0, 0.05) is 0 Å². The fourth-order valence-electron chi connectivity index (χ4n) is 1.47. The number of rotatable bonds is 2. The molecule has 1 aromatic carbocycles. The Hall–Kier alpha value is -0.980. The minimum absolute atomic E-state index is 0.989. The number of hydrogen-bond donors (Lipinski definition) is 0. The van der Waals surface area contributed by atoms with Crippen molar-refractivity contribution in [2.24, 2.45) is 0 Å². The van der Waals surface area contributed by atoms with Gasteiger partial charge in [-0.2, -0.15) is 0 Å². The van der Waals surface area contributed by atoms with Gasteiger partial charge in [-0.3, -0.25) is 0 Å². The van der Waals surface area contributed by atoms with Crippen LogP contribution in [0.1, 0.15) is 23.6 Å². The van der Waals surface area contributed by atoms with Gasteiger partial charge in [0.1, 0.15) is 12.4 Å². The largest absolute Gasteiger partial charge is 0.486 e. The van der Waals surface area contributed by atoms with E-state index < -0.39 is 0 Å². The molecule has 1 nitrogen and oxygen atoms in total. The van der Waals surface area contributed by atoms with E-state index in [1.807, 2.05) is 6.92 Å². The summed E-state index contributed by atoms with van der Waals surface area (Å²) in [5, 5.41) is 0. The predicted molar refractivity (Wildman–Crippen MR) is 51.3 cm³/mol. The predicted octanol–water partition coefficient (Wildman–Crippen LogP) is 3.17. The Morgan fingerprint density at radius 3 is 2.00 bits per heavy atom. The van der Waals surface area contributed by atoms with Crippen molar-refractivity contribution >= 4 is 0 Å². The zero-order valence-electron chi connectivity index (χ0n) is 8.14. The topological polar surface area (TPSA) is 9.23 Å². The molecule has 0 unspecified atom stereocenters. The minimum atomic E-state index is 0.989. The third-order valence-corrected chi connectivity index (χ3v) is 1.84. The molecule has 0 amide bonds. The normalized spacial score (nSPS) is 10.0. The van der Waals surface area contributed by atoms with Crippen LogP contribution in [0.2, 0.25) is 0 Å². The molecule has 1 heteroatoms. The summed E-state index contributed by atoms with van der Waals surface area (Å²) in [7, 11) is 0. The van der Waals surface area contributed by atoms with Crippen molar-refractivity contribution in [2.75, 3.05) is 0 Å². The monoisotopic (exact) mass is 163 g/mol. The molecule has 0 bridgehead atoms. The highest BCUT2D eigenvalue weighted by atomic mass is 16.5. The van der Waals surface area contributed by atoms with E-state index in [4.69, 9.17) is 4.74 Å². The van der Waals surface area contributed by atoms with Crippen LogP contribution in [0.25, 0.3) is 0 Å². The smallest absolute Gasteiger partial charge is 0.132 e. The van der Waals surface area contributed by atoms with E-state index in [0.29, 0.717) is 0 Å². The quantitative estimate of drug-likeness (QED) is 0.650. The van der Waals surface area contributed by atoms with Gasteiger partial charge in [0.15, 0.2) is 0 Å². The van der Waals surface area contributed by atoms with Crippen LogP contribution in [-0.4, -0.2) is 0 Å². The molecular weight excluding hydrogens is 148 g/mol. The molecule has 0 aliphatic rings. The SMILES string of the molecule is C[CH]Oc1c(C)cc(C)cc1C. The molecule has 0 atom stereocenters. The van der Waals surface area contributed by atoms with E-state index in [-0.39, 0.29) is 0 Å². The van der Waals surface area contributed by atoms with Crippen LogP contribution in [0.5, 0.6) is 5.75 Å². The van der Waals surface area contributed by atoms with E-state index in [9.17, 15) is 0 Å². The van der Waals surface area contributed by atoms with Crippen LogP contribution in [-0.2, 0) is 0 Å². The number of aryl methyl sites for hydroxylation is 3. The van der Waals surface area contributed by atoms with Crippen molar-refractivity contribution in [1.82, 2.24) is 0 Å². The van der Waals surface area contributed by atoms with Gasteiger partial charge in [-0.25, -0.2) is 0 Å². The minimum Gasteiger partial charge on any atom is -0.486 e. The van der Waals surface area contributed by atoms with Crippen molar-refractivity contribution in [1.29, 1.82) is 0 Å². The highest BCUT2D eigenvalue weighted by Gasteiger charge is 2.03. The fraction of sp³-hybridized carbons (Fsp3) is 0.364. The molecule has 12 heavy (non-hydrogen) atoms. The van der Waals surface area contributed by atoms with Crippen LogP contribution in [0.4, 0.5) is 0 Å². The van der Waals surface area contributed by atoms with E-state index in [2.05, 4.69) is 32.9 Å². The van der Waals surface area contributed by atoms with E-state index in [1.165, 1.54) is 16.7 Å². The van der Waals surface area contributed by atoms with Crippen LogP contribution in [0.3, 0.4) is 0 Å². The average molecular weight is 163 g/mol. The zero-order chi connectivity index (χ0) is 9.14. The van der Waals surface area contributed by atoms with Crippen molar-refractivity contribution in [3.63, 3.8) is 0 Å². The zero-order valence-corrected chi connectivity index (χ0v) is 8.14. The van der Waals surface area contributed by atoms with Crippen LogP contribution >= 0.6 is 0 Å². The molecule has 0 N–H and O–H groups in total. The van der Waals surface area contributed by atoms with Crippen LogP contribution < -0.4 is 4.74 Å². The summed E-state index contributed by atoms with van der Waals surface area (Å²) in [5.41, 5.74) is 3.68. The summed E-state index contributed by atoms with van der Waals surface area (Å²) < 4.78 is 5.40. The van der Waals surface area contributed by atoms with Gasteiger partial charge < -0.3 is 4.74 Å². The first-order chi connectivity index (χ1) is 5.65. The highest BCUT2D eigenvalue weighted by Crippen LogP contribution is 2.24. The van der Waals surface area contributed by atoms with E-state index in [1.54, 1.807) is 6.61 Å². The molecule has 0 saturated carbocycles. The number of ether oxygens (including phenoxy) is 1. The second-order valence-electron chi connectivity index (χ2n) is 3.08. The third-order valence-electron chi connectivity index (χ3n) is 1.84. The Kier molecular flexibility index (Phi) is 2.74. The van der Waals surface area contributed by atoms with Crippen molar-refractivity contribution in [3.05, 3.63) is 35.4 Å². The Labute approximate surface area is 74.4 Å². The average Bonchev–Trinajstić information content (AvgIpc) is 1.96. The summed E-state index contributed by atoms with van der Waals surface area (Å²) in [6.07, 6.45) is 0. The van der Waals surface area contributed by atoms with Gasteiger partial charge in [0.05, 0.1) is 0 Å². The molecular formula is C11H15O. The molecule has 1 radical (unpaired) electrons. The van der Waals surface area contributed by atoms with E-state index >= 15 is 0 Å². The first-order valence-corrected chi connectivity index (χ1v) is 4.17. The van der Waals surface area contributed by atoms with Gasteiger partial charge in [0.25, 0.3) is 0 Å². The second-order valence-corrected chi connectivity index (χ2v) is 3.08. The highest BCUT2D eigenvalue weighted by molar-refractivity contribution is 5.43. The Morgan fingerprint density at radius 1 is 1.08 bits per heavy atom. The molecule has 1 aromatic rings. The lowest BCUT2D eigenvalue weighted by atomic mass is 10.1. The molecule has 0 fully saturated rings. The van der Waals surface area contributed by atoms with Crippen LogP contribution in [0.15, 0.2) is 12.1 Å². The van der Waals surface area contributed by atoms with Gasteiger partial charge in [-0.15, -0.1) is 0 Å². The molecule has 0 spiro atoms. The molecule has 0 heterocycles. The van der Waals surface area contributed by atoms with Gasteiger partial charge in [-0.05, 0) is 38.8 Å². The number of hydrogen-bond acceptors (Lipinski definition) is 1. The lowest BCUT2D eigenvalue weighted by Gasteiger charge is -2.10. The van der Waals surface area contributed by atoms with Crippen molar-refractivity contribution in [2.45, 2.75) is 27.7 Å². The first-order valence-electron chi connectivity index (χ1n) is 4.17. The first kappa shape index (κ1) is 9.11. The van der Waals surface area contributed by atoms with Gasteiger partial charge in [-0.1, -0.05) is 17.7 Å². The third kappa shape index (κ3) is 1.79. The lowest BCUT2D eigenvalue weighted by Crippen LogP contribution is -1.93. The summed E-state index contributed by atoms with van der Waals surface area (Å²) in [5.74, 6) is 0.989. The molecule has 0 aliphatic heterocycles. The molecule has 0 saturated heterocycles. The van der Waals surface area contributed by atoms with Gasteiger partial charge in [0.2, 0.25) is 0 Å². The van der Waals surface area contributed by atoms with Crippen molar-refractivity contribution < 1.29 is 4.74 Å². The van der Waals surface area contributed by atoms with Crippen molar-refractivity contribution in [3.8, 4) is 5.75 Å². The maximum atomic E-state index is 5.40. The summed E-state index contributed by atoms with van der Waals surface area (Å²) in [6, 6.07) is 4.26. The number of benzene rings is 1. The van der Waals surface area contributed by atoms with E-state index in [0.717, 1.165) is 5.75 Å². The molecule has 65 valence electrons. The second kappa shape index (κ2) is 3.61. The van der Waals surface area contributed by atoms with Crippen LogP contribution in [0, 0.1) is 27.4 Å². The van der Waals surface area contributed by atoms with Gasteiger partial charge >= 0.3 is 0 Å². The maximum Gasteiger partial charge on any atom is 0.132 e. The fourth-order valence-corrected chi connectivity index (χ4v) is 1.47. The lowest BCUT2D eigenvalue weighted by molar-refractivity contribution is 0.410.